The lowest BCUT2D eigenvalue weighted by molar-refractivity contribution is 0.214. The smallest absolute Gasteiger partial charge is 0.389 e. The van der Waals surface area contributed by atoms with Crippen molar-refractivity contribution in [3.05, 3.63) is 0 Å². The number of hydrogen-bond acceptors (Lipinski definition) is 3. The summed E-state index contributed by atoms with van der Waals surface area (Å²) >= 11 is 0. The topological polar surface area (TPSA) is 132 Å². The highest BCUT2D eigenvalue weighted by Crippen LogP contribution is 2.63. The molecule has 2 atom stereocenters. The van der Waals surface area contributed by atoms with E-state index in [-0.39, 0.29) is 6.42 Å². The highest BCUT2D eigenvalue weighted by Gasteiger charge is 2.47. The first-order valence-corrected chi connectivity index (χ1v) is 6.66. The van der Waals surface area contributed by atoms with Crippen molar-refractivity contribution in [1.82, 2.24) is 0 Å². The van der Waals surface area contributed by atoms with Gasteiger partial charge in [0.15, 0.2) is 0 Å². The number of carboxylic acid groups (broad SMARTS) is 1. The zero-order valence-electron chi connectivity index (χ0n) is 6.69. The molecule has 0 fully saturated rings. The molecule has 0 aromatic rings. The van der Waals surface area contributed by atoms with Crippen LogP contribution in [-0.2, 0) is 9.13 Å². The zero-order valence-corrected chi connectivity index (χ0v) is 8.48. The third kappa shape index (κ3) is 2.90. The molecule has 0 heterocycles. The van der Waals surface area contributed by atoms with E-state index in [1.165, 1.54) is 6.92 Å². The van der Waals surface area contributed by atoms with E-state index in [0.717, 1.165) is 0 Å². The van der Waals surface area contributed by atoms with Crippen molar-refractivity contribution in [2.24, 2.45) is 0 Å². The Morgan fingerprint density at radius 2 is 1.69 bits per heavy atom. The second-order valence-corrected chi connectivity index (χ2v) is 6.84. The Balaban J connectivity index is 5.13. The highest BCUT2D eigenvalue weighted by molar-refractivity contribution is 7.84. The lowest BCUT2D eigenvalue weighted by atomic mass is 10.6. The van der Waals surface area contributed by atoms with E-state index in [4.69, 9.17) is 19.8 Å². The Bertz CT molecular complexity index is 291. The van der Waals surface area contributed by atoms with Gasteiger partial charge in [0.1, 0.15) is 5.40 Å². The maximum atomic E-state index is 11.0. The van der Waals surface area contributed by atoms with Gasteiger partial charge in [-0.15, -0.1) is 0 Å². The molecule has 9 heteroatoms. The fraction of sp³-hybridized carbons (Fsp3) is 0.750. The Labute approximate surface area is 74.0 Å². The van der Waals surface area contributed by atoms with Crippen molar-refractivity contribution in [2.45, 2.75) is 18.7 Å². The average Bonchev–Trinajstić information content (AvgIpc) is 1.83. The summed E-state index contributed by atoms with van der Waals surface area (Å²) in [5.74, 6) is 0. The molecule has 0 bridgehead atoms. The molecule has 13 heavy (non-hydrogen) atoms. The van der Waals surface area contributed by atoms with Crippen LogP contribution >= 0.6 is 15.0 Å². The molecule has 0 aromatic carbocycles. The molecule has 4 N–H and O–H groups in total. The van der Waals surface area contributed by atoms with Crippen molar-refractivity contribution in [3.8, 4) is 0 Å². The van der Waals surface area contributed by atoms with Gasteiger partial charge in [-0.1, -0.05) is 6.92 Å². The van der Waals surface area contributed by atoms with Gasteiger partial charge in [-0.25, -0.2) is 4.79 Å². The lowest BCUT2D eigenvalue weighted by Crippen LogP contribution is -2.13. The van der Waals surface area contributed by atoms with E-state index >= 15 is 0 Å². The maximum absolute atomic E-state index is 11.0. The van der Waals surface area contributed by atoms with Gasteiger partial charge >= 0.3 is 20.7 Å². The van der Waals surface area contributed by atoms with Crippen LogP contribution in [0.5, 0.6) is 0 Å². The van der Waals surface area contributed by atoms with Crippen LogP contribution in [0.15, 0.2) is 0 Å². The fourth-order valence-corrected chi connectivity index (χ4v) is 3.97. The maximum Gasteiger partial charge on any atom is 0.389 e. The van der Waals surface area contributed by atoms with Gasteiger partial charge in [0.05, 0.1) is 0 Å². The second-order valence-electron chi connectivity index (χ2n) is 2.38. The first-order chi connectivity index (χ1) is 5.64. The van der Waals surface area contributed by atoms with Gasteiger partial charge < -0.3 is 19.8 Å². The molecule has 0 rings (SSSR count). The van der Waals surface area contributed by atoms with Crippen molar-refractivity contribution < 1.29 is 33.7 Å². The Hall–Kier alpha value is -0.190. The van der Waals surface area contributed by atoms with E-state index in [9.17, 15) is 13.9 Å². The molecule has 0 aliphatic heterocycles. The predicted molar refractivity (Wildman–Crippen MR) is 44.0 cm³/mol. The zero-order chi connectivity index (χ0) is 10.9. The van der Waals surface area contributed by atoms with Crippen LogP contribution < -0.4 is 0 Å². The Morgan fingerprint density at radius 3 is 1.77 bits per heavy atom. The summed E-state index contributed by atoms with van der Waals surface area (Å²) in [6.45, 7) is 1.23. The summed E-state index contributed by atoms with van der Waals surface area (Å²) in [7, 11) is -9.69. The molecule has 0 saturated heterocycles. The van der Waals surface area contributed by atoms with Crippen LogP contribution in [0, 0.1) is 0 Å². The summed E-state index contributed by atoms with van der Waals surface area (Å²) in [5, 5.41) is 6.23. The second kappa shape index (κ2) is 3.90. The molecule has 0 aliphatic carbocycles. The largest absolute Gasteiger partial charge is 0.474 e. The highest BCUT2D eigenvalue weighted by atomic mass is 31.2. The standard InChI is InChI=1S/C4H10O7P2/c1-2-3(13(9,10)11)12(7,8)4(5)6/h3H,2H2,1H3,(H,5,6)(H,7,8)(H2,9,10,11). The molecule has 0 spiro atoms. The summed E-state index contributed by atoms with van der Waals surface area (Å²) < 4.78 is 21.6. The van der Waals surface area contributed by atoms with Crippen molar-refractivity contribution in [3.63, 3.8) is 0 Å². The van der Waals surface area contributed by atoms with E-state index in [2.05, 4.69) is 0 Å². The third-order valence-electron chi connectivity index (χ3n) is 1.43. The molecule has 0 aromatic heterocycles. The van der Waals surface area contributed by atoms with Crippen molar-refractivity contribution in [2.75, 3.05) is 0 Å². The van der Waals surface area contributed by atoms with Gasteiger partial charge in [0.2, 0.25) is 0 Å². The molecule has 0 amide bonds. The summed E-state index contributed by atoms with van der Waals surface area (Å²) in [4.78, 5) is 36.2. The van der Waals surface area contributed by atoms with Crippen LogP contribution in [0.3, 0.4) is 0 Å². The average molecular weight is 232 g/mol. The minimum atomic E-state index is -4.85. The fourth-order valence-electron chi connectivity index (χ4n) is 0.817. The van der Waals surface area contributed by atoms with Crippen LogP contribution in [0.4, 0.5) is 4.79 Å². The quantitative estimate of drug-likeness (QED) is 0.528. The van der Waals surface area contributed by atoms with E-state index in [1.807, 2.05) is 0 Å². The normalized spacial score (nSPS) is 19.1. The van der Waals surface area contributed by atoms with Gasteiger partial charge in [0.25, 0.3) is 0 Å². The van der Waals surface area contributed by atoms with Crippen molar-refractivity contribution >= 4 is 20.7 Å². The summed E-state index contributed by atoms with van der Waals surface area (Å²) in [6.07, 6.45) is -0.371. The molecule has 7 nitrogen and oxygen atoms in total. The molecule has 78 valence electrons. The molecular weight excluding hydrogens is 222 g/mol. The number of rotatable bonds is 4. The number of carbonyl (C=O) groups is 1. The molecule has 2 unspecified atom stereocenters. The van der Waals surface area contributed by atoms with Gasteiger partial charge in [0, 0.05) is 0 Å². The van der Waals surface area contributed by atoms with E-state index in [0.29, 0.717) is 0 Å². The predicted octanol–water partition coefficient (Wildman–Crippen LogP) is 0.849. The monoisotopic (exact) mass is 232 g/mol. The summed E-state index contributed by atoms with van der Waals surface area (Å²) in [6, 6.07) is 0. The SMILES string of the molecule is CCC(P(=O)(O)O)P(=O)(O)C(=O)O. The summed E-state index contributed by atoms with van der Waals surface area (Å²) in [5.41, 5.74) is -2.08. The van der Waals surface area contributed by atoms with Gasteiger partial charge in [-0.3, -0.25) is 9.13 Å². The Morgan fingerprint density at radius 1 is 1.31 bits per heavy atom. The number of hydrogen-bond donors (Lipinski definition) is 4. The van der Waals surface area contributed by atoms with Gasteiger partial charge in [-0.2, -0.15) is 0 Å². The minimum Gasteiger partial charge on any atom is -0.474 e. The third-order valence-corrected chi connectivity index (χ3v) is 6.14. The first-order valence-electron chi connectivity index (χ1n) is 3.25. The van der Waals surface area contributed by atoms with E-state index in [1.54, 1.807) is 0 Å². The molecule has 0 radical (unpaired) electrons. The first kappa shape index (κ1) is 12.8. The van der Waals surface area contributed by atoms with Crippen molar-refractivity contribution in [1.29, 1.82) is 0 Å². The van der Waals surface area contributed by atoms with E-state index < -0.39 is 26.1 Å². The minimum absolute atomic E-state index is 0.371. The van der Waals surface area contributed by atoms with Gasteiger partial charge in [-0.05, 0) is 6.42 Å². The lowest BCUT2D eigenvalue weighted by Gasteiger charge is -2.18. The molecule has 0 aliphatic rings. The van der Waals surface area contributed by atoms with Crippen LogP contribution in [0.25, 0.3) is 0 Å². The van der Waals surface area contributed by atoms with Crippen LogP contribution in [-0.4, -0.2) is 30.9 Å². The molecule has 0 saturated carbocycles. The van der Waals surface area contributed by atoms with Crippen LogP contribution in [0.2, 0.25) is 0 Å². The van der Waals surface area contributed by atoms with Crippen LogP contribution in [0.1, 0.15) is 13.3 Å². The molecular formula is C4H10O7P2. The Kier molecular flexibility index (Phi) is 3.84.